The van der Waals surface area contributed by atoms with Crippen LogP contribution in [0, 0.1) is 48.9 Å². The van der Waals surface area contributed by atoms with E-state index in [1.807, 2.05) is 0 Å². The van der Waals surface area contributed by atoms with Crippen LogP contribution in [0.2, 0.25) is 0 Å². The van der Waals surface area contributed by atoms with Gasteiger partial charge in [-0.3, -0.25) is 4.68 Å². The fourth-order valence-electron chi connectivity index (χ4n) is 4.38. The number of thiophene rings is 1. The molecule has 198 valence electrons. The highest BCUT2D eigenvalue weighted by Crippen LogP contribution is 2.40. The zero-order chi connectivity index (χ0) is 27.2. The second-order valence-corrected chi connectivity index (χ2v) is 10.4. The van der Waals surface area contributed by atoms with E-state index < -0.39 is 47.2 Å². The molecule has 1 unspecified atom stereocenters. The second kappa shape index (κ2) is 10.4. The number of rotatable bonds is 5. The average molecular weight is 559 g/mol. The van der Waals surface area contributed by atoms with E-state index in [1.54, 1.807) is 13.8 Å². The Labute approximate surface area is 218 Å². The van der Waals surface area contributed by atoms with Gasteiger partial charge in [-0.15, -0.1) is 11.3 Å². The number of hydrogen-bond donors (Lipinski definition) is 2. The molecule has 1 aliphatic rings. The third-order valence-electron chi connectivity index (χ3n) is 6.36. The first-order valence-electron chi connectivity index (χ1n) is 11.3. The van der Waals surface area contributed by atoms with E-state index in [2.05, 4.69) is 22.7 Å². The van der Waals surface area contributed by atoms with Gasteiger partial charge in [-0.25, -0.2) is 26.7 Å². The van der Waals surface area contributed by atoms with Crippen LogP contribution in [0.15, 0.2) is 0 Å². The molecule has 0 saturated heterocycles. The van der Waals surface area contributed by atoms with Gasteiger partial charge in [0.15, 0.2) is 28.4 Å². The summed E-state index contributed by atoms with van der Waals surface area (Å²) in [7, 11) is 1.31. The maximum atomic E-state index is 14.2. The number of anilines is 2. The first-order valence-corrected chi connectivity index (χ1v) is 12.5. The van der Waals surface area contributed by atoms with Crippen molar-refractivity contribution in [2.75, 3.05) is 17.7 Å². The maximum Gasteiger partial charge on any atom is 0.341 e. The minimum absolute atomic E-state index is 0.124. The average Bonchev–Trinajstić information content (AvgIpc) is 3.34. The quantitative estimate of drug-likeness (QED) is 0.131. The third kappa shape index (κ3) is 4.93. The summed E-state index contributed by atoms with van der Waals surface area (Å²) in [5.74, 6) is -10.1. The van der Waals surface area contributed by atoms with Crippen LogP contribution in [0.5, 0.6) is 0 Å². The number of methoxy groups -OCH3 is 1. The number of aromatic nitrogens is 2. The SMILES string of the molecule is COC(=O)c1c(NC(=S)Nc2c(C)nn(Cc3c(F)c(F)c(F)c(F)c3F)c2C)sc2c1CCC(C)C2. The summed E-state index contributed by atoms with van der Waals surface area (Å²) in [5, 5.41) is 10.8. The minimum Gasteiger partial charge on any atom is -0.465 e. The van der Waals surface area contributed by atoms with Gasteiger partial charge in [0.05, 0.1) is 41.9 Å². The summed E-state index contributed by atoms with van der Waals surface area (Å²) in [6.45, 7) is 4.61. The Morgan fingerprint density at radius 3 is 2.35 bits per heavy atom. The molecule has 0 amide bonds. The number of nitrogens with one attached hydrogen (secondary N) is 2. The van der Waals surface area contributed by atoms with E-state index in [1.165, 1.54) is 18.4 Å². The highest BCUT2D eigenvalue weighted by atomic mass is 32.1. The molecule has 0 saturated carbocycles. The van der Waals surface area contributed by atoms with E-state index in [0.717, 1.165) is 34.4 Å². The molecular formula is C24H23F5N4O2S2. The van der Waals surface area contributed by atoms with Crippen molar-refractivity contribution in [1.29, 1.82) is 0 Å². The molecule has 0 aliphatic heterocycles. The highest BCUT2D eigenvalue weighted by Gasteiger charge is 2.29. The van der Waals surface area contributed by atoms with Crippen LogP contribution in [-0.4, -0.2) is 28.0 Å². The summed E-state index contributed by atoms with van der Waals surface area (Å²) in [6.07, 6.45) is 2.55. The topological polar surface area (TPSA) is 68.2 Å². The molecule has 4 rings (SSSR count). The Morgan fingerprint density at radius 1 is 1.11 bits per heavy atom. The Kier molecular flexibility index (Phi) is 7.56. The van der Waals surface area contributed by atoms with Crippen molar-refractivity contribution in [3.05, 3.63) is 62.0 Å². The molecule has 2 heterocycles. The lowest BCUT2D eigenvalue weighted by Gasteiger charge is -2.18. The van der Waals surface area contributed by atoms with Gasteiger partial charge in [-0.2, -0.15) is 5.10 Å². The molecule has 3 aromatic rings. The maximum absolute atomic E-state index is 14.2. The van der Waals surface area contributed by atoms with Gasteiger partial charge in [0.1, 0.15) is 5.00 Å². The van der Waals surface area contributed by atoms with Gasteiger partial charge in [0.25, 0.3) is 0 Å². The van der Waals surface area contributed by atoms with Gasteiger partial charge >= 0.3 is 5.97 Å². The molecule has 1 aromatic carbocycles. The van der Waals surface area contributed by atoms with Crippen molar-refractivity contribution in [3.63, 3.8) is 0 Å². The molecule has 6 nitrogen and oxygen atoms in total. The molecular weight excluding hydrogens is 535 g/mol. The molecule has 37 heavy (non-hydrogen) atoms. The van der Waals surface area contributed by atoms with E-state index >= 15 is 0 Å². The van der Waals surface area contributed by atoms with E-state index in [9.17, 15) is 26.7 Å². The normalized spacial score (nSPS) is 14.9. The molecule has 1 atom stereocenters. The number of fused-ring (bicyclic) bond motifs is 1. The summed E-state index contributed by atoms with van der Waals surface area (Å²) in [5.41, 5.74) is 1.49. The summed E-state index contributed by atoms with van der Waals surface area (Å²) in [4.78, 5) is 13.6. The monoisotopic (exact) mass is 558 g/mol. The van der Waals surface area contributed by atoms with Crippen LogP contribution < -0.4 is 10.6 Å². The largest absolute Gasteiger partial charge is 0.465 e. The van der Waals surface area contributed by atoms with Crippen molar-refractivity contribution >= 4 is 45.3 Å². The fraction of sp³-hybridized carbons (Fsp3) is 0.375. The molecule has 2 N–H and O–H groups in total. The zero-order valence-corrected chi connectivity index (χ0v) is 22.0. The highest BCUT2D eigenvalue weighted by molar-refractivity contribution is 7.80. The number of esters is 1. The van der Waals surface area contributed by atoms with E-state index in [0.29, 0.717) is 33.6 Å². The predicted molar refractivity (Wildman–Crippen MR) is 134 cm³/mol. The van der Waals surface area contributed by atoms with E-state index in [4.69, 9.17) is 17.0 Å². The van der Waals surface area contributed by atoms with Gasteiger partial charge in [-0.05, 0) is 56.8 Å². The van der Waals surface area contributed by atoms with Crippen molar-refractivity contribution in [2.45, 2.75) is 46.6 Å². The Morgan fingerprint density at radius 2 is 1.73 bits per heavy atom. The Bertz CT molecular complexity index is 1390. The van der Waals surface area contributed by atoms with Crippen LogP contribution in [0.25, 0.3) is 0 Å². The third-order valence-corrected chi connectivity index (χ3v) is 7.73. The number of hydrogen-bond acceptors (Lipinski definition) is 5. The smallest absolute Gasteiger partial charge is 0.341 e. The lowest BCUT2D eigenvalue weighted by molar-refractivity contribution is 0.0600. The summed E-state index contributed by atoms with van der Waals surface area (Å²) >= 11 is 6.87. The number of benzene rings is 1. The van der Waals surface area contributed by atoms with Gasteiger partial charge in [0.2, 0.25) is 5.82 Å². The Balaban J connectivity index is 1.59. The van der Waals surface area contributed by atoms with Crippen molar-refractivity contribution in [2.24, 2.45) is 5.92 Å². The van der Waals surface area contributed by atoms with Gasteiger partial charge in [-0.1, -0.05) is 6.92 Å². The second-order valence-electron chi connectivity index (χ2n) is 8.88. The number of ether oxygens (including phenoxy) is 1. The number of carbonyl (C=O) groups is 1. The zero-order valence-electron chi connectivity index (χ0n) is 20.3. The van der Waals surface area contributed by atoms with E-state index in [-0.39, 0.29) is 5.11 Å². The number of nitrogens with zero attached hydrogens (tertiary/aromatic N) is 2. The first kappa shape index (κ1) is 27.0. The lowest BCUT2D eigenvalue weighted by Crippen LogP contribution is -2.21. The van der Waals surface area contributed by atoms with Crippen LogP contribution >= 0.6 is 23.6 Å². The van der Waals surface area contributed by atoms with Gasteiger partial charge in [0, 0.05) is 4.88 Å². The van der Waals surface area contributed by atoms with Crippen LogP contribution in [0.3, 0.4) is 0 Å². The molecule has 0 radical (unpaired) electrons. The first-order chi connectivity index (χ1) is 17.4. The minimum atomic E-state index is -2.22. The van der Waals surface area contributed by atoms with Crippen LogP contribution in [-0.2, 0) is 24.1 Å². The molecule has 0 spiro atoms. The number of carbonyl (C=O) groups excluding carboxylic acids is 1. The number of aryl methyl sites for hydroxylation is 1. The summed E-state index contributed by atoms with van der Waals surface area (Å²) < 4.78 is 75.1. The van der Waals surface area contributed by atoms with Crippen LogP contribution in [0.1, 0.15) is 51.1 Å². The molecule has 2 aromatic heterocycles. The molecule has 1 aliphatic carbocycles. The standard InChI is InChI=1S/C24H23F5N4O2S2/c1-9-5-6-12-14(7-9)37-22(15(12)23(34)35-4)31-24(36)30-21-10(2)32-33(11(21)3)8-13-16(25)18(27)20(29)19(28)17(13)26/h9H,5-8H2,1-4H3,(H2,30,31,36). The molecule has 0 fully saturated rings. The number of halogens is 5. The van der Waals surface area contributed by atoms with Crippen molar-refractivity contribution < 1.29 is 31.5 Å². The van der Waals surface area contributed by atoms with Crippen LogP contribution in [0.4, 0.5) is 32.6 Å². The Hall–Kier alpha value is -3.06. The predicted octanol–water partition coefficient (Wildman–Crippen LogP) is 6.03. The summed E-state index contributed by atoms with van der Waals surface area (Å²) in [6, 6.07) is 0. The van der Waals surface area contributed by atoms with Crippen molar-refractivity contribution in [3.8, 4) is 0 Å². The number of thiocarbonyl (C=S) groups is 1. The molecule has 0 bridgehead atoms. The van der Waals surface area contributed by atoms with Gasteiger partial charge < -0.3 is 15.4 Å². The molecule has 13 heteroatoms. The lowest BCUT2D eigenvalue weighted by atomic mass is 9.88. The fourth-order valence-corrected chi connectivity index (χ4v) is 6.05. The van der Waals surface area contributed by atoms with Crippen molar-refractivity contribution in [1.82, 2.24) is 9.78 Å².